The summed E-state index contributed by atoms with van der Waals surface area (Å²) in [6.45, 7) is 6.95. The third-order valence-electron chi connectivity index (χ3n) is 3.35. The molecule has 0 saturated carbocycles. The van der Waals surface area contributed by atoms with Crippen LogP contribution in [0.3, 0.4) is 0 Å². The fourth-order valence-electron chi connectivity index (χ4n) is 2.21. The minimum Gasteiger partial charge on any atom is -0.396 e. The van der Waals surface area contributed by atoms with E-state index in [0.29, 0.717) is 12.5 Å². The van der Waals surface area contributed by atoms with Gasteiger partial charge < -0.3 is 10.4 Å². The lowest BCUT2D eigenvalue weighted by atomic mass is 9.87. The van der Waals surface area contributed by atoms with Crippen molar-refractivity contribution < 1.29 is 9.90 Å². The molecule has 1 aromatic rings. The van der Waals surface area contributed by atoms with E-state index < -0.39 is 0 Å². The summed E-state index contributed by atoms with van der Waals surface area (Å²) >= 11 is 0. The molecule has 0 aliphatic carbocycles. The fourth-order valence-corrected chi connectivity index (χ4v) is 2.21. The van der Waals surface area contributed by atoms with Crippen molar-refractivity contribution in [2.24, 2.45) is 11.8 Å². The number of nitrogens with one attached hydrogen (secondary N) is 1. The summed E-state index contributed by atoms with van der Waals surface area (Å²) in [5.74, 6) is 0.529. The van der Waals surface area contributed by atoms with Crippen molar-refractivity contribution >= 4 is 5.91 Å². The van der Waals surface area contributed by atoms with Crippen molar-refractivity contribution in [3.05, 3.63) is 35.9 Å². The van der Waals surface area contributed by atoms with Crippen molar-refractivity contribution in [1.29, 1.82) is 0 Å². The second-order valence-electron chi connectivity index (χ2n) is 5.49. The van der Waals surface area contributed by atoms with E-state index in [1.54, 1.807) is 0 Å². The predicted octanol–water partition coefficient (Wildman–Crippen LogP) is 2.56. The Bertz CT molecular complexity index is 376. The molecule has 0 spiro atoms. The molecule has 0 aromatic heterocycles. The highest BCUT2D eigenvalue weighted by Gasteiger charge is 2.23. The lowest BCUT2D eigenvalue weighted by Crippen LogP contribution is -2.35. The third-order valence-corrected chi connectivity index (χ3v) is 3.35. The van der Waals surface area contributed by atoms with E-state index in [2.05, 4.69) is 19.2 Å². The Morgan fingerprint density at radius 1 is 1.21 bits per heavy atom. The number of benzene rings is 1. The molecular weight excluding hydrogens is 238 g/mol. The topological polar surface area (TPSA) is 49.3 Å². The van der Waals surface area contributed by atoms with Crippen LogP contribution in [-0.2, 0) is 4.79 Å². The first-order chi connectivity index (χ1) is 9.06. The third kappa shape index (κ3) is 5.03. The zero-order valence-electron chi connectivity index (χ0n) is 12.1. The molecule has 0 fully saturated rings. The number of hydrogen-bond donors (Lipinski definition) is 2. The summed E-state index contributed by atoms with van der Waals surface area (Å²) in [6.07, 6.45) is 0.720. The highest BCUT2D eigenvalue weighted by Crippen LogP contribution is 2.24. The van der Waals surface area contributed by atoms with Crippen LogP contribution in [0.2, 0.25) is 0 Å². The van der Waals surface area contributed by atoms with Crippen LogP contribution >= 0.6 is 0 Å². The molecular formula is C16H25NO2. The van der Waals surface area contributed by atoms with Gasteiger partial charge in [-0.3, -0.25) is 4.79 Å². The van der Waals surface area contributed by atoms with Crippen molar-refractivity contribution in [3.63, 3.8) is 0 Å². The number of aliphatic hydroxyl groups excluding tert-OH is 1. The van der Waals surface area contributed by atoms with Gasteiger partial charge >= 0.3 is 0 Å². The molecule has 3 heteroatoms. The number of aliphatic hydroxyl groups is 1. The van der Waals surface area contributed by atoms with Crippen LogP contribution < -0.4 is 5.32 Å². The maximum Gasteiger partial charge on any atom is 0.227 e. The van der Waals surface area contributed by atoms with E-state index in [0.717, 1.165) is 12.0 Å². The van der Waals surface area contributed by atoms with E-state index in [-0.39, 0.29) is 24.3 Å². The van der Waals surface area contributed by atoms with Gasteiger partial charge in [0.25, 0.3) is 0 Å². The molecule has 0 bridgehead atoms. The molecule has 106 valence electrons. The van der Waals surface area contributed by atoms with Gasteiger partial charge in [0.1, 0.15) is 0 Å². The van der Waals surface area contributed by atoms with Gasteiger partial charge in [0.05, 0.1) is 5.92 Å². The summed E-state index contributed by atoms with van der Waals surface area (Å²) < 4.78 is 0. The Balaban J connectivity index is 2.65. The normalized spacial score (nSPS) is 14.2. The number of hydrogen-bond acceptors (Lipinski definition) is 2. The quantitative estimate of drug-likeness (QED) is 0.794. The standard InChI is InChI=1S/C16H25NO2/c1-12(2)15(14-7-5-4-6-8-14)16(19)17-11-13(3)9-10-18/h4-8,12-13,15,18H,9-11H2,1-3H3,(H,17,19). The molecule has 0 saturated heterocycles. The summed E-state index contributed by atoms with van der Waals surface area (Å²) in [7, 11) is 0. The monoisotopic (exact) mass is 263 g/mol. The Hall–Kier alpha value is -1.35. The largest absolute Gasteiger partial charge is 0.396 e. The van der Waals surface area contributed by atoms with Crippen LogP contribution in [-0.4, -0.2) is 24.2 Å². The van der Waals surface area contributed by atoms with E-state index in [1.165, 1.54) is 0 Å². The van der Waals surface area contributed by atoms with Gasteiger partial charge in [0.15, 0.2) is 0 Å². The summed E-state index contributed by atoms with van der Waals surface area (Å²) in [6, 6.07) is 9.89. The number of carbonyl (C=O) groups is 1. The first-order valence-corrected chi connectivity index (χ1v) is 6.99. The molecule has 3 nitrogen and oxygen atoms in total. The molecule has 1 rings (SSSR count). The van der Waals surface area contributed by atoms with Crippen LogP contribution in [0.4, 0.5) is 0 Å². The van der Waals surface area contributed by atoms with Gasteiger partial charge in [-0.05, 0) is 23.8 Å². The molecule has 0 heterocycles. The van der Waals surface area contributed by atoms with Gasteiger partial charge in [0.2, 0.25) is 5.91 Å². The lowest BCUT2D eigenvalue weighted by Gasteiger charge is -2.22. The molecule has 2 atom stereocenters. The number of carbonyl (C=O) groups excluding carboxylic acids is 1. The molecule has 2 unspecified atom stereocenters. The highest BCUT2D eigenvalue weighted by molar-refractivity contribution is 5.83. The van der Waals surface area contributed by atoms with E-state index in [4.69, 9.17) is 5.11 Å². The zero-order valence-corrected chi connectivity index (χ0v) is 12.1. The van der Waals surface area contributed by atoms with Gasteiger partial charge in [-0.15, -0.1) is 0 Å². The first-order valence-electron chi connectivity index (χ1n) is 6.99. The summed E-state index contributed by atoms with van der Waals surface area (Å²) in [5.41, 5.74) is 1.06. The maximum absolute atomic E-state index is 12.3. The van der Waals surface area contributed by atoms with E-state index in [9.17, 15) is 4.79 Å². The Morgan fingerprint density at radius 3 is 2.37 bits per heavy atom. The maximum atomic E-state index is 12.3. The second-order valence-corrected chi connectivity index (χ2v) is 5.49. The first kappa shape index (κ1) is 15.7. The number of rotatable bonds is 7. The molecule has 1 aromatic carbocycles. The van der Waals surface area contributed by atoms with Crippen LogP contribution in [0, 0.1) is 11.8 Å². The van der Waals surface area contributed by atoms with Crippen molar-refractivity contribution in [2.45, 2.75) is 33.1 Å². The highest BCUT2D eigenvalue weighted by atomic mass is 16.3. The van der Waals surface area contributed by atoms with E-state index in [1.807, 2.05) is 37.3 Å². The SMILES string of the molecule is CC(CCO)CNC(=O)C(c1ccccc1)C(C)C. The minimum absolute atomic E-state index is 0.0750. The van der Waals surface area contributed by atoms with Crippen molar-refractivity contribution in [1.82, 2.24) is 5.32 Å². The Kier molecular flexibility index (Phi) is 6.57. The molecule has 2 N–H and O–H groups in total. The fraction of sp³-hybridized carbons (Fsp3) is 0.562. The van der Waals surface area contributed by atoms with Crippen LogP contribution in [0.15, 0.2) is 30.3 Å². The van der Waals surface area contributed by atoms with E-state index >= 15 is 0 Å². The number of amides is 1. The van der Waals surface area contributed by atoms with Crippen LogP contribution in [0.5, 0.6) is 0 Å². The smallest absolute Gasteiger partial charge is 0.227 e. The zero-order chi connectivity index (χ0) is 14.3. The minimum atomic E-state index is -0.109. The van der Waals surface area contributed by atoms with Crippen molar-refractivity contribution in [3.8, 4) is 0 Å². The Morgan fingerprint density at radius 2 is 1.84 bits per heavy atom. The van der Waals surface area contributed by atoms with Gasteiger partial charge in [-0.25, -0.2) is 0 Å². The van der Waals surface area contributed by atoms with Gasteiger partial charge in [-0.2, -0.15) is 0 Å². The Labute approximate surface area is 116 Å². The van der Waals surface area contributed by atoms with Gasteiger partial charge in [-0.1, -0.05) is 51.1 Å². The molecule has 0 radical (unpaired) electrons. The average molecular weight is 263 g/mol. The molecule has 1 amide bonds. The van der Waals surface area contributed by atoms with Gasteiger partial charge in [0, 0.05) is 13.2 Å². The average Bonchev–Trinajstić information content (AvgIpc) is 2.38. The molecule has 19 heavy (non-hydrogen) atoms. The second kappa shape index (κ2) is 7.95. The molecule has 0 aliphatic rings. The lowest BCUT2D eigenvalue weighted by molar-refractivity contribution is -0.123. The summed E-state index contributed by atoms with van der Waals surface area (Å²) in [5, 5.41) is 11.9. The van der Waals surface area contributed by atoms with Crippen LogP contribution in [0.1, 0.15) is 38.7 Å². The summed E-state index contributed by atoms with van der Waals surface area (Å²) in [4.78, 5) is 12.3. The van der Waals surface area contributed by atoms with Crippen LogP contribution in [0.25, 0.3) is 0 Å². The predicted molar refractivity (Wildman–Crippen MR) is 77.9 cm³/mol. The van der Waals surface area contributed by atoms with Crippen molar-refractivity contribution in [2.75, 3.05) is 13.2 Å². The molecule has 0 aliphatic heterocycles.